The number of carbonyl (C=O) groups excluding carboxylic acids is 2. The molecule has 0 spiro atoms. The van der Waals surface area contributed by atoms with E-state index in [-0.39, 0.29) is 11.8 Å². The van der Waals surface area contributed by atoms with Gasteiger partial charge in [-0.1, -0.05) is 24.6 Å². The summed E-state index contributed by atoms with van der Waals surface area (Å²) in [6, 6.07) is 12.8. The SMILES string of the molecule is CCC(=O)Nc1ccc(NC(=O)c2ccc(C)cc2C)cc1. The van der Waals surface area contributed by atoms with E-state index in [9.17, 15) is 9.59 Å². The van der Waals surface area contributed by atoms with Crippen molar-refractivity contribution in [3.05, 3.63) is 59.2 Å². The Bertz CT molecular complexity index is 691. The maximum atomic E-state index is 12.3. The van der Waals surface area contributed by atoms with Gasteiger partial charge in [0.15, 0.2) is 0 Å². The minimum atomic E-state index is -0.136. The molecule has 0 saturated heterocycles. The third kappa shape index (κ3) is 3.95. The Balaban J connectivity index is 2.07. The molecule has 0 saturated carbocycles. The number of carbonyl (C=O) groups is 2. The van der Waals surface area contributed by atoms with Crippen molar-refractivity contribution in [1.29, 1.82) is 0 Å². The lowest BCUT2D eigenvalue weighted by Crippen LogP contribution is -2.13. The fourth-order valence-electron chi connectivity index (χ4n) is 2.15. The molecule has 2 rings (SSSR count). The standard InChI is InChI=1S/C18H20N2O2/c1-4-17(21)19-14-6-8-15(9-7-14)20-18(22)16-10-5-12(2)11-13(16)3/h5-11H,4H2,1-3H3,(H,19,21)(H,20,22). The summed E-state index contributed by atoms with van der Waals surface area (Å²) >= 11 is 0. The van der Waals surface area contributed by atoms with Gasteiger partial charge in [-0.15, -0.1) is 0 Å². The normalized spacial score (nSPS) is 10.1. The van der Waals surface area contributed by atoms with E-state index >= 15 is 0 Å². The van der Waals surface area contributed by atoms with Crippen molar-refractivity contribution in [2.24, 2.45) is 0 Å². The van der Waals surface area contributed by atoms with Crippen LogP contribution in [0.15, 0.2) is 42.5 Å². The molecular formula is C18H20N2O2. The largest absolute Gasteiger partial charge is 0.326 e. The van der Waals surface area contributed by atoms with Gasteiger partial charge in [-0.25, -0.2) is 0 Å². The number of benzene rings is 2. The third-order valence-electron chi connectivity index (χ3n) is 3.37. The smallest absolute Gasteiger partial charge is 0.255 e. The van der Waals surface area contributed by atoms with Crippen LogP contribution in [0.4, 0.5) is 11.4 Å². The first-order valence-corrected chi connectivity index (χ1v) is 7.28. The van der Waals surface area contributed by atoms with Crippen molar-refractivity contribution in [2.45, 2.75) is 27.2 Å². The molecule has 0 radical (unpaired) electrons. The number of hydrogen-bond acceptors (Lipinski definition) is 2. The minimum absolute atomic E-state index is 0.0351. The summed E-state index contributed by atoms with van der Waals surface area (Å²) in [6.07, 6.45) is 0.436. The van der Waals surface area contributed by atoms with Gasteiger partial charge in [0.25, 0.3) is 5.91 Å². The molecule has 0 aliphatic rings. The van der Waals surface area contributed by atoms with Crippen LogP contribution in [-0.4, -0.2) is 11.8 Å². The second-order valence-electron chi connectivity index (χ2n) is 5.25. The monoisotopic (exact) mass is 296 g/mol. The van der Waals surface area contributed by atoms with Crippen LogP contribution in [0.3, 0.4) is 0 Å². The molecule has 0 atom stereocenters. The van der Waals surface area contributed by atoms with Crippen molar-refractivity contribution < 1.29 is 9.59 Å². The lowest BCUT2D eigenvalue weighted by Gasteiger charge is -2.09. The Morgan fingerprint density at radius 3 is 2.05 bits per heavy atom. The van der Waals surface area contributed by atoms with Crippen molar-refractivity contribution in [2.75, 3.05) is 10.6 Å². The van der Waals surface area contributed by atoms with Gasteiger partial charge in [-0.3, -0.25) is 9.59 Å². The average molecular weight is 296 g/mol. The highest BCUT2D eigenvalue weighted by atomic mass is 16.2. The molecule has 0 fully saturated rings. The summed E-state index contributed by atoms with van der Waals surface area (Å²) in [7, 11) is 0. The second kappa shape index (κ2) is 6.89. The molecular weight excluding hydrogens is 276 g/mol. The molecule has 4 heteroatoms. The van der Waals surface area contributed by atoms with E-state index in [0.717, 1.165) is 16.8 Å². The maximum absolute atomic E-state index is 12.3. The highest BCUT2D eigenvalue weighted by molar-refractivity contribution is 6.05. The predicted octanol–water partition coefficient (Wildman–Crippen LogP) is 3.90. The summed E-state index contributed by atoms with van der Waals surface area (Å²) < 4.78 is 0. The number of aryl methyl sites for hydroxylation is 2. The molecule has 4 nitrogen and oxygen atoms in total. The van der Waals surface area contributed by atoms with E-state index in [1.807, 2.05) is 32.0 Å². The van der Waals surface area contributed by atoms with Crippen molar-refractivity contribution >= 4 is 23.2 Å². The molecule has 0 aliphatic heterocycles. The number of nitrogens with one attached hydrogen (secondary N) is 2. The van der Waals surface area contributed by atoms with Crippen LogP contribution in [0, 0.1) is 13.8 Å². The van der Waals surface area contributed by atoms with Gasteiger partial charge in [-0.2, -0.15) is 0 Å². The molecule has 2 aromatic rings. The summed E-state index contributed by atoms with van der Waals surface area (Å²) in [5, 5.41) is 5.63. The van der Waals surface area contributed by atoms with Crippen LogP contribution in [0.1, 0.15) is 34.8 Å². The van der Waals surface area contributed by atoms with Gasteiger partial charge >= 0.3 is 0 Å². The Labute approximate surface area is 130 Å². The van der Waals surface area contributed by atoms with Crippen molar-refractivity contribution in [3.63, 3.8) is 0 Å². The lowest BCUT2D eigenvalue weighted by molar-refractivity contribution is -0.115. The fraction of sp³-hybridized carbons (Fsp3) is 0.222. The quantitative estimate of drug-likeness (QED) is 0.899. The van der Waals surface area contributed by atoms with Gasteiger partial charge < -0.3 is 10.6 Å². The van der Waals surface area contributed by atoms with E-state index in [2.05, 4.69) is 10.6 Å². The molecule has 0 aliphatic carbocycles. The van der Waals surface area contributed by atoms with Crippen LogP contribution < -0.4 is 10.6 Å². The van der Waals surface area contributed by atoms with Gasteiger partial charge in [0, 0.05) is 23.4 Å². The van der Waals surface area contributed by atoms with Gasteiger partial charge in [-0.05, 0) is 49.7 Å². The highest BCUT2D eigenvalue weighted by Crippen LogP contribution is 2.16. The molecule has 0 aromatic heterocycles. The van der Waals surface area contributed by atoms with E-state index < -0.39 is 0 Å². The van der Waals surface area contributed by atoms with Crippen LogP contribution >= 0.6 is 0 Å². The van der Waals surface area contributed by atoms with E-state index in [1.54, 1.807) is 31.2 Å². The summed E-state index contributed by atoms with van der Waals surface area (Å²) in [4.78, 5) is 23.6. The first kappa shape index (κ1) is 15.8. The number of anilines is 2. The average Bonchev–Trinajstić information content (AvgIpc) is 2.49. The maximum Gasteiger partial charge on any atom is 0.255 e. The summed E-state index contributed by atoms with van der Waals surface area (Å²) in [5.41, 5.74) is 4.15. The van der Waals surface area contributed by atoms with Gasteiger partial charge in [0.2, 0.25) is 5.91 Å². The number of hydrogen-bond donors (Lipinski definition) is 2. The molecule has 114 valence electrons. The zero-order valence-corrected chi connectivity index (χ0v) is 13.1. The van der Waals surface area contributed by atoms with E-state index in [1.165, 1.54) is 0 Å². The van der Waals surface area contributed by atoms with Gasteiger partial charge in [0.05, 0.1) is 0 Å². The Hall–Kier alpha value is -2.62. The second-order valence-corrected chi connectivity index (χ2v) is 5.25. The summed E-state index contributed by atoms with van der Waals surface area (Å²) in [6.45, 7) is 5.72. The molecule has 0 bridgehead atoms. The molecule has 2 N–H and O–H groups in total. The molecule has 2 aromatic carbocycles. The number of amides is 2. The van der Waals surface area contributed by atoms with Gasteiger partial charge in [0.1, 0.15) is 0 Å². The lowest BCUT2D eigenvalue weighted by atomic mass is 10.1. The zero-order valence-electron chi connectivity index (χ0n) is 13.1. The predicted molar refractivity (Wildman–Crippen MR) is 89.2 cm³/mol. The van der Waals surface area contributed by atoms with Crippen LogP contribution in [-0.2, 0) is 4.79 Å². The minimum Gasteiger partial charge on any atom is -0.326 e. The molecule has 2 amide bonds. The molecule has 0 unspecified atom stereocenters. The number of rotatable bonds is 4. The summed E-state index contributed by atoms with van der Waals surface area (Å²) in [5.74, 6) is -0.171. The van der Waals surface area contributed by atoms with Crippen LogP contribution in [0.25, 0.3) is 0 Å². The van der Waals surface area contributed by atoms with Crippen molar-refractivity contribution in [3.8, 4) is 0 Å². The first-order valence-electron chi connectivity index (χ1n) is 7.28. The fourth-order valence-corrected chi connectivity index (χ4v) is 2.15. The Morgan fingerprint density at radius 1 is 0.909 bits per heavy atom. The van der Waals surface area contributed by atoms with Crippen LogP contribution in [0.5, 0.6) is 0 Å². The van der Waals surface area contributed by atoms with E-state index in [0.29, 0.717) is 17.7 Å². The Morgan fingerprint density at radius 2 is 1.50 bits per heavy atom. The van der Waals surface area contributed by atoms with Crippen molar-refractivity contribution in [1.82, 2.24) is 0 Å². The first-order chi connectivity index (χ1) is 10.5. The Kier molecular flexibility index (Phi) is 4.94. The van der Waals surface area contributed by atoms with Crippen LogP contribution in [0.2, 0.25) is 0 Å². The topological polar surface area (TPSA) is 58.2 Å². The third-order valence-corrected chi connectivity index (χ3v) is 3.37. The van der Waals surface area contributed by atoms with E-state index in [4.69, 9.17) is 0 Å². The molecule has 22 heavy (non-hydrogen) atoms. The zero-order chi connectivity index (χ0) is 16.1. The highest BCUT2D eigenvalue weighted by Gasteiger charge is 2.09. The molecule has 0 heterocycles.